The van der Waals surface area contributed by atoms with E-state index in [2.05, 4.69) is 10.6 Å². The van der Waals surface area contributed by atoms with E-state index < -0.39 is 0 Å². The van der Waals surface area contributed by atoms with E-state index >= 15 is 0 Å². The third kappa shape index (κ3) is 3.47. The van der Waals surface area contributed by atoms with Crippen molar-refractivity contribution in [2.45, 2.75) is 25.9 Å². The molecule has 1 aliphatic heterocycles. The van der Waals surface area contributed by atoms with Gasteiger partial charge in [0.2, 0.25) is 0 Å². The number of hydrogen-bond acceptors (Lipinski definition) is 3. The lowest BCUT2D eigenvalue weighted by Crippen LogP contribution is -2.22. The summed E-state index contributed by atoms with van der Waals surface area (Å²) in [6.07, 6.45) is 2.61. The van der Waals surface area contributed by atoms with E-state index in [1.807, 2.05) is 31.2 Å². The van der Waals surface area contributed by atoms with Crippen molar-refractivity contribution in [3.8, 4) is 0 Å². The van der Waals surface area contributed by atoms with Gasteiger partial charge in [-0.25, -0.2) is 0 Å². The Balaban J connectivity index is 1.85. The average molecular weight is 248 g/mol. The normalized spacial score (nSPS) is 18.6. The van der Waals surface area contributed by atoms with Crippen LogP contribution in [0.4, 0.5) is 5.69 Å². The van der Waals surface area contributed by atoms with E-state index in [1.54, 1.807) is 0 Å². The van der Waals surface area contributed by atoms with E-state index in [9.17, 15) is 4.79 Å². The van der Waals surface area contributed by atoms with Crippen LogP contribution in [0.1, 0.15) is 30.1 Å². The molecule has 1 amide bonds. The molecular weight excluding hydrogens is 228 g/mol. The standard InChI is InChI=1S/C14H20N2O2/c1-2-15-14(17)11-5-7-12(8-6-11)16-10-13-4-3-9-18-13/h5-8,13,16H,2-4,9-10H2,1H3,(H,15,17). The second kappa shape index (κ2) is 6.40. The number of nitrogens with one attached hydrogen (secondary N) is 2. The highest BCUT2D eigenvalue weighted by Crippen LogP contribution is 2.14. The van der Waals surface area contributed by atoms with Crippen LogP contribution < -0.4 is 10.6 Å². The van der Waals surface area contributed by atoms with Gasteiger partial charge < -0.3 is 15.4 Å². The van der Waals surface area contributed by atoms with Gasteiger partial charge in [-0.05, 0) is 44.0 Å². The number of benzene rings is 1. The lowest BCUT2D eigenvalue weighted by atomic mass is 10.2. The molecule has 4 heteroatoms. The molecule has 1 aromatic carbocycles. The molecule has 2 N–H and O–H groups in total. The lowest BCUT2D eigenvalue weighted by molar-refractivity contribution is 0.0956. The maximum Gasteiger partial charge on any atom is 0.251 e. The molecule has 1 heterocycles. The maximum absolute atomic E-state index is 11.6. The van der Waals surface area contributed by atoms with Crippen molar-refractivity contribution in [3.05, 3.63) is 29.8 Å². The van der Waals surface area contributed by atoms with Crippen LogP contribution in [-0.2, 0) is 4.74 Å². The first-order valence-corrected chi connectivity index (χ1v) is 6.53. The molecule has 1 unspecified atom stereocenters. The van der Waals surface area contributed by atoms with Crippen LogP contribution >= 0.6 is 0 Å². The van der Waals surface area contributed by atoms with Crippen molar-refractivity contribution >= 4 is 11.6 Å². The van der Waals surface area contributed by atoms with Crippen LogP contribution in [0.25, 0.3) is 0 Å². The van der Waals surface area contributed by atoms with Crippen LogP contribution in [0.5, 0.6) is 0 Å². The van der Waals surface area contributed by atoms with Crippen molar-refractivity contribution in [2.75, 3.05) is 25.0 Å². The minimum absolute atomic E-state index is 0.0248. The number of carbonyl (C=O) groups excluding carboxylic acids is 1. The third-order valence-electron chi connectivity index (χ3n) is 3.04. The van der Waals surface area contributed by atoms with Crippen LogP contribution in [0, 0.1) is 0 Å². The minimum atomic E-state index is -0.0248. The highest BCUT2D eigenvalue weighted by atomic mass is 16.5. The largest absolute Gasteiger partial charge is 0.382 e. The molecule has 0 saturated carbocycles. The third-order valence-corrected chi connectivity index (χ3v) is 3.04. The average Bonchev–Trinajstić information content (AvgIpc) is 2.90. The molecule has 2 rings (SSSR count). The Morgan fingerprint density at radius 1 is 1.39 bits per heavy atom. The quantitative estimate of drug-likeness (QED) is 0.838. The number of rotatable bonds is 5. The van der Waals surface area contributed by atoms with Gasteiger partial charge in [-0.1, -0.05) is 0 Å². The van der Waals surface area contributed by atoms with E-state index in [4.69, 9.17) is 4.74 Å². The smallest absolute Gasteiger partial charge is 0.251 e. The zero-order valence-corrected chi connectivity index (χ0v) is 10.7. The van der Waals surface area contributed by atoms with Gasteiger partial charge in [0.1, 0.15) is 0 Å². The Labute approximate surface area is 108 Å². The fourth-order valence-electron chi connectivity index (χ4n) is 2.04. The van der Waals surface area contributed by atoms with Crippen LogP contribution in [0.2, 0.25) is 0 Å². The molecule has 0 aliphatic carbocycles. The molecule has 1 atom stereocenters. The van der Waals surface area contributed by atoms with Crippen molar-refractivity contribution in [3.63, 3.8) is 0 Å². The highest BCUT2D eigenvalue weighted by molar-refractivity contribution is 5.94. The Kier molecular flexibility index (Phi) is 4.59. The van der Waals surface area contributed by atoms with Gasteiger partial charge in [0.05, 0.1) is 6.10 Å². The summed E-state index contributed by atoms with van der Waals surface area (Å²) in [7, 11) is 0. The maximum atomic E-state index is 11.6. The van der Waals surface area contributed by atoms with Gasteiger partial charge in [0.25, 0.3) is 5.91 Å². The Bertz CT molecular complexity index is 383. The molecule has 1 aliphatic rings. The zero-order valence-electron chi connectivity index (χ0n) is 10.7. The molecule has 0 radical (unpaired) electrons. The van der Waals surface area contributed by atoms with Crippen molar-refractivity contribution < 1.29 is 9.53 Å². The van der Waals surface area contributed by atoms with Gasteiger partial charge >= 0.3 is 0 Å². The summed E-state index contributed by atoms with van der Waals surface area (Å²) >= 11 is 0. The predicted molar refractivity (Wildman–Crippen MR) is 71.9 cm³/mol. The molecule has 98 valence electrons. The Morgan fingerprint density at radius 2 is 2.17 bits per heavy atom. The first kappa shape index (κ1) is 12.9. The molecule has 1 aromatic rings. The van der Waals surface area contributed by atoms with Crippen LogP contribution in [-0.4, -0.2) is 31.7 Å². The van der Waals surface area contributed by atoms with Crippen molar-refractivity contribution in [1.82, 2.24) is 5.32 Å². The van der Waals surface area contributed by atoms with Gasteiger partial charge in [0.15, 0.2) is 0 Å². The second-order valence-electron chi connectivity index (χ2n) is 4.45. The molecule has 1 saturated heterocycles. The lowest BCUT2D eigenvalue weighted by Gasteiger charge is -2.12. The topological polar surface area (TPSA) is 50.4 Å². The number of carbonyl (C=O) groups is 1. The fraction of sp³-hybridized carbons (Fsp3) is 0.500. The van der Waals surface area contributed by atoms with Crippen LogP contribution in [0.15, 0.2) is 24.3 Å². The molecular formula is C14H20N2O2. The molecule has 18 heavy (non-hydrogen) atoms. The van der Waals surface area contributed by atoms with Crippen LogP contribution in [0.3, 0.4) is 0 Å². The predicted octanol–water partition coefficient (Wildman–Crippen LogP) is 2.03. The van der Waals surface area contributed by atoms with E-state index in [0.717, 1.165) is 31.7 Å². The Hall–Kier alpha value is -1.55. The molecule has 1 fully saturated rings. The number of amides is 1. The summed E-state index contributed by atoms with van der Waals surface area (Å²) in [5.41, 5.74) is 1.72. The number of ether oxygens (including phenoxy) is 1. The molecule has 0 bridgehead atoms. The molecule has 0 aromatic heterocycles. The first-order chi connectivity index (χ1) is 8.79. The zero-order chi connectivity index (χ0) is 12.8. The SMILES string of the molecule is CCNC(=O)c1ccc(NCC2CCCO2)cc1. The number of hydrogen-bond donors (Lipinski definition) is 2. The van der Waals surface area contributed by atoms with Gasteiger partial charge in [-0.2, -0.15) is 0 Å². The van der Waals surface area contributed by atoms with E-state index in [0.29, 0.717) is 18.2 Å². The van der Waals surface area contributed by atoms with Crippen molar-refractivity contribution in [1.29, 1.82) is 0 Å². The van der Waals surface area contributed by atoms with E-state index in [1.165, 1.54) is 0 Å². The fourth-order valence-corrected chi connectivity index (χ4v) is 2.04. The summed E-state index contributed by atoms with van der Waals surface area (Å²) in [4.78, 5) is 11.6. The van der Waals surface area contributed by atoms with Crippen molar-refractivity contribution in [2.24, 2.45) is 0 Å². The Morgan fingerprint density at radius 3 is 2.78 bits per heavy atom. The summed E-state index contributed by atoms with van der Waals surface area (Å²) in [5, 5.41) is 6.11. The second-order valence-corrected chi connectivity index (χ2v) is 4.45. The first-order valence-electron chi connectivity index (χ1n) is 6.53. The van der Waals surface area contributed by atoms with Gasteiger partial charge in [0, 0.05) is 30.9 Å². The minimum Gasteiger partial charge on any atom is -0.382 e. The highest BCUT2D eigenvalue weighted by Gasteiger charge is 2.14. The summed E-state index contributed by atoms with van der Waals surface area (Å²) in [6, 6.07) is 7.53. The summed E-state index contributed by atoms with van der Waals surface area (Å²) in [6.45, 7) is 4.27. The molecule has 0 spiro atoms. The summed E-state index contributed by atoms with van der Waals surface area (Å²) in [5.74, 6) is -0.0248. The van der Waals surface area contributed by atoms with Gasteiger partial charge in [-0.15, -0.1) is 0 Å². The summed E-state index contributed by atoms with van der Waals surface area (Å²) < 4.78 is 5.54. The monoisotopic (exact) mass is 248 g/mol. The van der Waals surface area contributed by atoms with Gasteiger partial charge in [-0.3, -0.25) is 4.79 Å². The van der Waals surface area contributed by atoms with E-state index in [-0.39, 0.29) is 5.91 Å². The number of anilines is 1. The molecule has 4 nitrogen and oxygen atoms in total.